The van der Waals surface area contributed by atoms with Gasteiger partial charge in [-0.1, -0.05) is 25.1 Å². The standard InChI is InChI=1S/C15H19N3O2/c1-10(14(19)16-2)9-18(3)15(20)12-8-17-13-7-5-4-6-11(12)13/h4-8,10,17H,9H2,1-3H3,(H,16,19). The third-order valence-electron chi connectivity index (χ3n) is 3.41. The van der Waals surface area contributed by atoms with Gasteiger partial charge in [0, 0.05) is 37.7 Å². The number of fused-ring (bicyclic) bond motifs is 1. The summed E-state index contributed by atoms with van der Waals surface area (Å²) in [5.74, 6) is -0.388. The molecule has 0 fully saturated rings. The molecule has 1 atom stereocenters. The average molecular weight is 273 g/mol. The highest BCUT2D eigenvalue weighted by Crippen LogP contribution is 2.19. The van der Waals surface area contributed by atoms with Crippen LogP contribution in [0.25, 0.3) is 10.9 Å². The number of hydrogen-bond acceptors (Lipinski definition) is 2. The molecule has 5 nitrogen and oxygen atoms in total. The van der Waals surface area contributed by atoms with E-state index in [1.807, 2.05) is 24.3 Å². The van der Waals surface area contributed by atoms with Crippen LogP contribution in [0.2, 0.25) is 0 Å². The van der Waals surface area contributed by atoms with Gasteiger partial charge in [0.25, 0.3) is 5.91 Å². The Morgan fingerprint density at radius 2 is 2.05 bits per heavy atom. The normalized spacial score (nSPS) is 12.2. The van der Waals surface area contributed by atoms with Crippen LogP contribution >= 0.6 is 0 Å². The molecule has 1 aromatic carbocycles. The zero-order valence-corrected chi connectivity index (χ0v) is 11.9. The van der Waals surface area contributed by atoms with Crippen LogP contribution in [0, 0.1) is 5.92 Å². The summed E-state index contributed by atoms with van der Waals surface area (Å²) in [6.45, 7) is 2.19. The molecule has 0 aliphatic rings. The smallest absolute Gasteiger partial charge is 0.255 e. The molecule has 1 unspecified atom stereocenters. The Kier molecular flexibility index (Phi) is 4.08. The molecule has 1 heterocycles. The van der Waals surface area contributed by atoms with Gasteiger partial charge in [-0.05, 0) is 6.07 Å². The predicted octanol–water partition coefficient (Wildman–Crippen LogP) is 1.62. The Labute approximate surface area is 118 Å². The third-order valence-corrected chi connectivity index (χ3v) is 3.41. The summed E-state index contributed by atoms with van der Waals surface area (Å²) in [5, 5.41) is 3.49. The molecule has 1 aromatic heterocycles. The zero-order valence-electron chi connectivity index (χ0n) is 11.9. The number of benzene rings is 1. The maximum absolute atomic E-state index is 12.4. The lowest BCUT2D eigenvalue weighted by atomic mass is 10.1. The van der Waals surface area contributed by atoms with Gasteiger partial charge in [0.2, 0.25) is 5.91 Å². The molecule has 2 rings (SSSR count). The van der Waals surface area contributed by atoms with Gasteiger partial charge >= 0.3 is 0 Å². The molecule has 0 saturated heterocycles. The highest BCUT2D eigenvalue weighted by atomic mass is 16.2. The number of rotatable bonds is 4. The first kappa shape index (κ1) is 14.1. The molecule has 106 valence electrons. The van der Waals surface area contributed by atoms with Crippen LogP contribution in [0.15, 0.2) is 30.5 Å². The number of carbonyl (C=O) groups is 2. The van der Waals surface area contributed by atoms with E-state index in [0.717, 1.165) is 10.9 Å². The summed E-state index contributed by atoms with van der Waals surface area (Å²) in [7, 11) is 3.31. The van der Waals surface area contributed by atoms with E-state index in [-0.39, 0.29) is 17.7 Å². The molecule has 0 aliphatic carbocycles. The molecule has 2 amide bonds. The Morgan fingerprint density at radius 3 is 2.75 bits per heavy atom. The number of para-hydroxylation sites is 1. The van der Waals surface area contributed by atoms with E-state index in [1.54, 1.807) is 32.1 Å². The van der Waals surface area contributed by atoms with Crippen molar-refractivity contribution in [1.29, 1.82) is 0 Å². The molecular formula is C15H19N3O2. The fraction of sp³-hybridized carbons (Fsp3) is 0.333. The van der Waals surface area contributed by atoms with Crippen LogP contribution in [0.3, 0.4) is 0 Å². The van der Waals surface area contributed by atoms with Crippen molar-refractivity contribution in [3.63, 3.8) is 0 Å². The summed E-state index contributed by atoms with van der Waals surface area (Å²) >= 11 is 0. The van der Waals surface area contributed by atoms with Gasteiger partial charge in [0.05, 0.1) is 11.5 Å². The highest BCUT2D eigenvalue weighted by Gasteiger charge is 2.20. The Bertz CT molecular complexity index is 633. The first-order chi connectivity index (χ1) is 9.54. The van der Waals surface area contributed by atoms with E-state index in [0.29, 0.717) is 12.1 Å². The summed E-state index contributed by atoms with van der Waals surface area (Å²) < 4.78 is 0. The fourth-order valence-corrected chi connectivity index (χ4v) is 2.28. The lowest BCUT2D eigenvalue weighted by Crippen LogP contribution is -2.37. The first-order valence-electron chi connectivity index (χ1n) is 6.57. The van der Waals surface area contributed by atoms with Crippen molar-refractivity contribution in [3.8, 4) is 0 Å². The van der Waals surface area contributed by atoms with E-state index in [9.17, 15) is 9.59 Å². The molecule has 0 radical (unpaired) electrons. The summed E-state index contributed by atoms with van der Waals surface area (Å²) in [6.07, 6.45) is 1.72. The van der Waals surface area contributed by atoms with E-state index in [1.165, 1.54) is 0 Å². The number of carbonyl (C=O) groups excluding carboxylic acids is 2. The quantitative estimate of drug-likeness (QED) is 0.889. The van der Waals surface area contributed by atoms with Crippen LogP contribution in [0.1, 0.15) is 17.3 Å². The number of hydrogen-bond donors (Lipinski definition) is 2. The van der Waals surface area contributed by atoms with Crippen LogP contribution in [0.5, 0.6) is 0 Å². The molecule has 0 saturated carbocycles. The van der Waals surface area contributed by atoms with Gasteiger partial charge in [-0.2, -0.15) is 0 Å². The molecular weight excluding hydrogens is 254 g/mol. The average Bonchev–Trinajstić information content (AvgIpc) is 2.89. The van der Waals surface area contributed by atoms with Gasteiger partial charge in [-0.15, -0.1) is 0 Å². The Hall–Kier alpha value is -2.30. The Morgan fingerprint density at radius 1 is 1.35 bits per heavy atom. The SMILES string of the molecule is CNC(=O)C(C)CN(C)C(=O)c1c[nH]c2ccccc12. The molecule has 5 heteroatoms. The second kappa shape index (κ2) is 5.77. The predicted molar refractivity (Wildman–Crippen MR) is 78.5 cm³/mol. The second-order valence-electron chi connectivity index (χ2n) is 4.95. The molecule has 20 heavy (non-hydrogen) atoms. The van der Waals surface area contributed by atoms with Crippen molar-refractivity contribution in [2.24, 2.45) is 5.92 Å². The molecule has 2 N–H and O–H groups in total. The zero-order chi connectivity index (χ0) is 14.7. The lowest BCUT2D eigenvalue weighted by Gasteiger charge is -2.20. The Balaban J connectivity index is 2.16. The molecule has 0 spiro atoms. The van der Waals surface area contributed by atoms with E-state index < -0.39 is 0 Å². The fourth-order valence-electron chi connectivity index (χ4n) is 2.28. The van der Waals surface area contributed by atoms with Crippen molar-refractivity contribution in [1.82, 2.24) is 15.2 Å². The number of nitrogens with zero attached hydrogens (tertiary/aromatic N) is 1. The van der Waals surface area contributed by atoms with Crippen molar-refractivity contribution in [2.45, 2.75) is 6.92 Å². The minimum absolute atomic E-state index is 0.0661. The minimum atomic E-state index is -0.237. The first-order valence-corrected chi connectivity index (χ1v) is 6.57. The van der Waals surface area contributed by atoms with E-state index in [4.69, 9.17) is 0 Å². The third kappa shape index (κ3) is 2.66. The summed E-state index contributed by atoms with van der Waals surface area (Å²) in [5.41, 5.74) is 1.57. The lowest BCUT2D eigenvalue weighted by molar-refractivity contribution is -0.124. The number of aromatic nitrogens is 1. The maximum Gasteiger partial charge on any atom is 0.255 e. The maximum atomic E-state index is 12.4. The van der Waals surface area contributed by atoms with Crippen molar-refractivity contribution in [3.05, 3.63) is 36.0 Å². The van der Waals surface area contributed by atoms with Gasteiger partial charge in [0.15, 0.2) is 0 Å². The van der Waals surface area contributed by atoms with Crippen molar-refractivity contribution < 1.29 is 9.59 Å². The monoisotopic (exact) mass is 273 g/mol. The number of H-pyrrole nitrogens is 1. The van der Waals surface area contributed by atoms with E-state index >= 15 is 0 Å². The minimum Gasteiger partial charge on any atom is -0.360 e. The van der Waals surface area contributed by atoms with Crippen LogP contribution < -0.4 is 5.32 Å². The van der Waals surface area contributed by atoms with Gasteiger partial charge < -0.3 is 15.2 Å². The molecule has 2 aromatic rings. The largest absolute Gasteiger partial charge is 0.360 e. The van der Waals surface area contributed by atoms with Gasteiger partial charge in [-0.25, -0.2) is 0 Å². The highest BCUT2D eigenvalue weighted by molar-refractivity contribution is 6.06. The molecule has 0 bridgehead atoms. The van der Waals surface area contributed by atoms with Crippen molar-refractivity contribution in [2.75, 3.05) is 20.6 Å². The number of amides is 2. The number of nitrogens with one attached hydrogen (secondary N) is 2. The topological polar surface area (TPSA) is 65.2 Å². The van der Waals surface area contributed by atoms with Crippen molar-refractivity contribution >= 4 is 22.7 Å². The summed E-state index contributed by atoms with van der Waals surface area (Å²) in [6, 6.07) is 7.67. The number of aromatic amines is 1. The second-order valence-corrected chi connectivity index (χ2v) is 4.95. The van der Waals surface area contributed by atoms with Crippen LogP contribution in [-0.4, -0.2) is 42.3 Å². The van der Waals surface area contributed by atoms with Gasteiger partial charge in [0.1, 0.15) is 0 Å². The molecule has 0 aliphatic heterocycles. The summed E-state index contributed by atoms with van der Waals surface area (Å²) in [4.78, 5) is 28.6. The van der Waals surface area contributed by atoms with Gasteiger partial charge in [-0.3, -0.25) is 9.59 Å². The van der Waals surface area contributed by atoms with Crippen LogP contribution in [-0.2, 0) is 4.79 Å². The van der Waals surface area contributed by atoms with E-state index in [2.05, 4.69) is 10.3 Å². The van der Waals surface area contributed by atoms with Crippen LogP contribution in [0.4, 0.5) is 0 Å².